The second kappa shape index (κ2) is 7.33. The lowest BCUT2D eigenvalue weighted by Crippen LogP contribution is -2.40. The van der Waals surface area contributed by atoms with Crippen molar-refractivity contribution in [1.82, 2.24) is 10.6 Å². The van der Waals surface area contributed by atoms with Gasteiger partial charge in [-0.2, -0.15) is 0 Å². The molecule has 0 bridgehead atoms. The van der Waals surface area contributed by atoms with Crippen LogP contribution in [0.15, 0.2) is 54.6 Å². The number of hydrogen-bond acceptors (Lipinski definition) is 4. The van der Waals surface area contributed by atoms with E-state index in [1.807, 2.05) is 24.3 Å². The van der Waals surface area contributed by atoms with Crippen LogP contribution in [0.4, 0.5) is 10.5 Å². The predicted molar refractivity (Wildman–Crippen MR) is 101 cm³/mol. The van der Waals surface area contributed by atoms with Crippen molar-refractivity contribution in [2.24, 2.45) is 0 Å². The van der Waals surface area contributed by atoms with Gasteiger partial charge in [-0.15, -0.1) is 0 Å². The second-order valence-electron chi connectivity index (χ2n) is 6.18. The number of carbonyl (C=O) groups is 3. The van der Waals surface area contributed by atoms with Gasteiger partial charge in [0, 0.05) is 17.3 Å². The largest absolute Gasteiger partial charge is 0.496 e. The number of carbonyl (C=O) groups excluding carboxylic acids is 3. The molecule has 0 spiro atoms. The van der Waals surface area contributed by atoms with Crippen LogP contribution < -0.4 is 20.7 Å². The van der Waals surface area contributed by atoms with Gasteiger partial charge in [-0.3, -0.25) is 14.9 Å². The number of urea groups is 1. The Morgan fingerprint density at radius 2 is 1.93 bits per heavy atom. The highest BCUT2D eigenvalue weighted by Crippen LogP contribution is 2.26. The van der Waals surface area contributed by atoms with Gasteiger partial charge in [-0.1, -0.05) is 30.3 Å². The summed E-state index contributed by atoms with van der Waals surface area (Å²) in [4.78, 5) is 35.7. The molecule has 138 valence electrons. The highest BCUT2D eigenvalue weighted by atomic mass is 16.5. The third kappa shape index (κ3) is 3.82. The number of hydrogen-bond donors (Lipinski definition) is 3. The molecule has 1 heterocycles. The second-order valence-corrected chi connectivity index (χ2v) is 6.18. The molecule has 0 unspecified atom stereocenters. The average Bonchev–Trinajstić information content (AvgIpc) is 2.93. The first-order valence-electron chi connectivity index (χ1n) is 8.28. The van der Waals surface area contributed by atoms with Gasteiger partial charge >= 0.3 is 6.03 Å². The van der Waals surface area contributed by atoms with Crippen molar-refractivity contribution in [1.29, 1.82) is 0 Å². The molecule has 0 radical (unpaired) electrons. The van der Waals surface area contributed by atoms with E-state index in [-0.39, 0.29) is 5.91 Å². The Balaban J connectivity index is 1.75. The van der Waals surface area contributed by atoms with E-state index in [1.165, 1.54) is 6.08 Å². The summed E-state index contributed by atoms with van der Waals surface area (Å²) in [5.74, 6) is -0.102. The summed E-state index contributed by atoms with van der Waals surface area (Å²) in [6, 6.07) is 13.6. The van der Waals surface area contributed by atoms with E-state index in [4.69, 9.17) is 4.74 Å². The van der Waals surface area contributed by atoms with Crippen LogP contribution in [0.2, 0.25) is 0 Å². The Morgan fingerprint density at radius 1 is 1.15 bits per heavy atom. The standard InChI is InChI=1S/C20H19N3O4/c1-20(18(25)22-19(26)23-20)14-7-5-8-15(12-14)21-17(24)11-10-13-6-3-4-9-16(13)27-2/h3-12H,1-2H3,(H,21,24)(H2,22,23,25,26)/b11-10+/t20-/m0/s1. The summed E-state index contributed by atoms with van der Waals surface area (Å²) in [6.45, 7) is 1.61. The number of anilines is 1. The fourth-order valence-electron chi connectivity index (χ4n) is 2.81. The number of ether oxygens (including phenoxy) is 1. The van der Waals surface area contributed by atoms with Gasteiger partial charge in [-0.05, 0) is 36.8 Å². The van der Waals surface area contributed by atoms with E-state index in [0.717, 1.165) is 5.56 Å². The van der Waals surface area contributed by atoms with Gasteiger partial charge in [0.2, 0.25) is 5.91 Å². The van der Waals surface area contributed by atoms with Crippen LogP contribution in [0.3, 0.4) is 0 Å². The summed E-state index contributed by atoms with van der Waals surface area (Å²) in [5.41, 5.74) is 0.682. The number of nitrogens with one attached hydrogen (secondary N) is 3. The van der Waals surface area contributed by atoms with Gasteiger partial charge in [-0.25, -0.2) is 4.79 Å². The first-order valence-corrected chi connectivity index (χ1v) is 8.28. The molecule has 1 saturated heterocycles. The lowest BCUT2D eigenvalue weighted by Gasteiger charge is -2.21. The Bertz CT molecular complexity index is 938. The van der Waals surface area contributed by atoms with Crippen molar-refractivity contribution in [3.8, 4) is 5.75 Å². The quantitative estimate of drug-likeness (QED) is 0.560. The molecule has 7 nitrogen and oxygen atoms in total. The maximum Gasteiger partial charge on any atom is 0.322 e. The van der Waals surface area contributed by atoms with Crippen molar-refractivity contribution in [3.05, 3.63) is 65.7 Å². The zero-order chi connectivity index (χ0) is 19.4. The minimum absolute atomic E-state index is 0.330. The number of amides is 4. The molecule has 1 fully saturated rings. The van der Waals surface area contributed by atoms with Crippen molar-refractivity contribution in [2.75, 3.05) is 12.4 Å². The topological polar surface area (TPSA) is 96.5 Å². The zero-order valence-corrected chi connectivity index (χ0v) is 14.9. The Morgan fingerprint density at radius 3 is 2.63 bits per heavy atom. The van der Waals surface area contributed by atoms with Gasteiger partial charge in [0.1, 0.15) is 11.3 Å². The molecule has 1 atom stereocenters. The third-order valence-corrected chi connectivity index (χ3v) is 4.31. The van der Waals surface area contributed by atoms with Crippen LogP contribution in [0.5, 0.6) is 5.75 Å². The van der Waals surface area contributed by atoms with Crippen LogP contribution in [0.1, 0.15) is 18.1 Å². The Kier molecular flexibility index (Phi) is 4.94. The molecule has 0 saturated carbocycles. The molecule has 4 amide bonds. The molecule has 3 N–H and O–H groups in total. The fourth-order valence-corrected chi connectivity index (χ4v) is 2.81. The van der Waals surface area contributed by atoms with Crippen LogP contribution >= 0.6 is 0 Å². The normalized spacial score (nSPS) is 18.9. The molecular weight excluding hydrogens is 346 g/mol. The summed E-state index contributed by atoms with van der Waals surface area (Å²) < 4.78 is 5.24. The average molecular weight is 365 g/mol. The van der Waals surface area contributed by atoms with E-state index < -0.39 is 17.5 Å². The number of methoxy groups -OCH3 is 1. The molecule has 0 aliphatic carbocycles. The predicted octanol–water partition coefficient (Wildman–Crippen LogP) is 2.40. The number of para-hydroxylation sites is 1. The first-order chi connectivity index (χ1) is 12.9. The van der Waals surface area contributed by atoms with E-state index in [0.29, 0.717) is 17.0 Å². The summed E-state index contributed by atoms with van der Waals surface area (Å²) in [6.07, 6.45) is 3.06. The van der Waals surface area contributed by atoms with Gasteiger partial charge < -0.3 is 15.4 Å². The lowest BCUT2D eigenvalue weighted by molar-refractivity contribution is -0.123. The minimum atomic E-state index is -1.18. The molecule has 2 aromatic rings. The highest BCUT2D eigenvalue weighted by Gasteiger charge is 2.43. The molecule has 1 aliphatic heterocycles. The first kappa shape index (κ1) is 18.2. The van der Waals surface area contributed by atoms with Gasteiger partial charge in [0.25, 0.3) is 5.91 Å². The van der Waals surface area contributed by atoms with Crippen molar-refractivity contribution >= 4 is 29.6 Å². The van der Waals surface area contributed by atoms with E-state index in [9.17, 15) is 14.4 Å². The van der Waals surface area contributed by atoms with Crippen molar-refractivity contribution < 1.29 is 19.1 Å². The highest BCUT2D eigenvalue weighted by molar-refractivity contribution is 6.07. The molecule has 0 aromatic heterocycles. The van der Waals surface area contributed by atoms with Crippen molar-refractivity contribution in [2.45, 2.75) is 12.5 Å². The molecule has 3 rings (SSSR count). The van der Waals surface area contributed by atoms with Gasteiger partial charge in [0.05, 0.1) is 7.11 Å². The van der Waals surface area contributed by atoms with Gasteiger partial charge in [0.15, 0.2) is 0 Å². The van der Waals surface area contributed by atoms with Crippen LogP contribution in [0, 0.1) is 0 Å². The SMILES string of the molecule is COc1ccccc1/C=C/C(=O)Nc1cccc([C@]2(C)NC(=O)NC2=O)c1. The molecule has 2 aromatic carbocycles. The smallest absolute Gasteiger partial charge is 0.322 e. The molecule has 7 heteroatoms. The Labute approximate surface area is 156 Å². The Hall–Kier alpha value is -3.61. The van der Waals surface area contributed by atoms with Crippen LogP contribution in [-0.4, -0.2) is 25.0 Å². The summed E-state index contributed by atoms with van der Waals surface area (Å²) >= 11 is 0. The number of imide groups is 1. The number of rotatable bonds is 5. The minimum Gasteiger partial charge on any atom is -0.496 e. The maximum absolute atomic E-state index is 12.2. The monoisotopic (exact) mass is 365 g/mol. The zero-order valence-electron chi connectivity index (χ0n) is 14.9. The van der Waals surface area contributed by atoms with Crippen molar-refractivity contribution in [3.63, 3.8) is 0 Å². The third-order valence-electron chi connectivity index (χ3n) is 4.31. The van der Waals surface area contributed by atoms with E-state index in [1.54, 1.807) is 44.4 Å². The number of benzene rings is 2. The fraction of sp³-hybridized carbons (Fsp3) is 0.150. The summed E-state index contributed by atoms with van der Waals surface area (Å²) in [7, 11) is 1.57. The maximum atomic E-state index is 12.2. The summed E-state index contributed by atoms with van der Waals surface area (Å²) in [5, 5.41) is 7.56. The molecule has 27 heavy (non-hydrogen) atoms. The van der Waals surface area contributed by atoms with Crippen LogP contribution in [0.25, 0.3) is 6.08 Å². The lowest BCUT2D eigenvalue weighted by atomic mass is 9.92. The van der Waals surface area contributed by atoms with Crippen LogP contribution in [-0.2, 0) is 15.1 Å². The van der Waals surface area contributed by atoms with E-state index >= 15 is 0 Å². The molecule has 1 aliphatic rings. The van der Waals surface area contributed by atoms with E-state index in [2.05, 4.69) is 16.0 Å². The molecular formula is C20H19N3O4.